The molecule has 0 aliphatic rings. The maximum absolute atomic E-state index is 9.81. The molecule has 2 rings (SSSR count). The number of aliphatic hydroxyl groups is 1. The van der Waals surface area contributed by atoms with E-state index in [1.165, 1.54) is 11.8 Å². The SMILES string of the molecule is CC(O)c1ccc(Br)cc1Sc1cc(Cl)ccc1Cl. The van der Waals surface area contributed by atoms with Crippen LogP contribution in [0.4, 0.5) is 0 Å². The van der Waals surface area contributed by atoms with E-state index in [0.29, 0.717) is 10.0 Å². The third kappa shape index (κ3) is 3.89. The molecule has 0 heterocycles. The van der Waals surface area contributed by atoms with Gasteiger partial charge in [-0.25, -0.2) is 0 Å². The molecule has 1 nitrogen and oxygen atoms in total. The molecule has 0 aromatic heterocycles. The highest BCUT2D eigenvalue weighted by atomic mass is 79.9. The van der Waals surface area contributed by atoms with Crippen LogP contribution in [-0.4, -0.2) is 5.11 Å². The number of hydrogen-bond acceptors (Lipinski definition) is 2. The molecule has 0 amide bonds. The molecule has 2 aromatic carbocycles. The Morgan fingerprint density at radius 2 is 1.84 bits per heavy atom. The Bertz CT molecular complexity index is 602. The van der Waals surface area contributed by atoms with E-state index in [0.717, 1.165) is 19.8 Å². The zero-order chi connectivity index (χ0) is 14.0. The van der Waals surface area contributed by atoms with Gasteiger partial charge in [-0.1, -0.05) is 57.0 Å². The summed E-state index contributed by atoms with van der Waals surface area (Å²) in [5, 5.41) is 11.1. The highest BCUT2D eigenvalue weighted by Crippen LogP contribution is 2.39. The first-order valence-electron chi connectivity index (χ1n) is 5.58. The van der Waals surface area contributed by atoms with Gasteiger partial charge in [-0.3, -0.25) is 0 Å². The zero-order valence-electron chi connectivity index (χ0n) is 10.0. The molecule has 19 heavy (non-hydrogen) atoms. The fourth-order valence-electron chi connectivity index (χ4n) is 1.62. The molecule has 2 aromatic rings. The monoisotopic (exact) mass is 376 g/mol. The van der Waals surface area contributed by atoms with Crippen molar-refractivity contribution in [2.45, 2.75) is 22.8 Å². The van der Waals surface area contributed by atoms with Crippen molar-refractivity contribution in [3.05, 3.63) is 56.5 Å². The lowest BCUT2D eigenvalue weighted by atomic mass is 10.1. The maximum Gasteiger partial charge on any atom is 0.0772 e. The Labute approximate surface area is 135 Å². The van der Waals surface area contributed by atoms with Crippen molar-refractivity contribution in [3.8, 4) is 0 Å². The molecule has 0 saturated heterocycles. The second kappa shape index (κ2) is 6.51. The van der Waals surface area contributed by atoms with Gasteiger partial charge in [-0.15, -0.1) is 0 Å². The summed E-state index contributed by atoms with van der Waals surface area (Å²) < 4.78 is 0.956. The number of aliphatic hydroxyl groups excluding tert-OH is 1. The van der Waals surface area contributed by atoms with Gasteiger partial charge in [-0.05, 0) is 42.8 Å². The minimum Gasteiger partial charge on any atom is -0.389 e. The van der Waals surface area contributed by atoms with E-state index in [2.05, 4.69) is 15.9 Å². The molecule has 0 radical (unpaired) electrons. The van der Waals surface area contributed by atoms with Crippen LogP contribution in [0.15, 0.2) is 50.7 Å². The molecule has 5 heteroatoms. The number of rotatable bonds is 3. The van der Waals surface area contributed by atoms with Crippen LogP contribution >= 0.6 is 50.9 Å². The van der Waals surface area contributed by atoms with Crippen molar-refractivity contribution in [1.29, 1.82) is 0 Å². The number of benzene rings is 2. The lowest BCUT2D eigenvalue weighted by Gasteiger charge is -2.13. The smallest absolute Gasteiger partial charge is 0.0772 e. The molecule has 1 unspecified atom stereocenters. The summed E-state index contributed by atoms with van der Waals surface area (Å²) in [5.41, 5.74) is 0.865. The largest absolute Gasteiger partial charge is 0.389 e. The lowest BCUT2D eigenvalue weighted by molar-refractivity contribution is 0.196. The maximum atomic E-state index is 9.81. The zero-order valence-corrected chi connectivity index (χ0v) is 13.9. The fourth-order valence-corrected chi connectivity index (χ4v) is 3.73. The summed E-state index contributed by atoms with van der Waals surface area (Å²) in [6, 6.07) is 11.1. The van der Waals surface area contributed by atoms with Gasteiger partial charge in [-0.2, -0.15) is 0 Å². The minimum atomic E-state index is -0.534. The van der Waals surface area contributed by atoms with Crippen LogP contribution in [0.3, 0.4) is 0 Å². The van der Waals surface area contributed by atoms with Crippen molar-refractivity contribution in [3.63, 3.8) is 0 Å². The average molecular weight is 378 g/mol. The first kappa shape index (κ1) is 15.2. The summed E-state index contributed by atoms with van der Waals surface area (Å²) in [4.78, 5) is 1.82. The number of halogens is 3. The van der Waals surface area contributed by atoms with Gasteiger partial charge in [0.05, 0.1) is 11.1 Å². The first-order chi connectivity index (χ1) is 8.97. The highest BCUT2D eigenvalue weighted by Gasteiger charge is 2.12. The summed E-state index contributed by atoms with van der Waals surface area (Å²) in [6.45, 7) is 1.74. The van der Waals surface area contributed by atoms with Crippen LogP contribution in [0.2, 0.25) is 10.0 Å². The van der Waals surface area contributed by atoms with Crippen LogP contribution in [0.5, 0.6) is 0 Å². The Morgan fingerprint density at radius 1 is 1.11 bits per heavy atom. The van der Waals surface area contributed by atoms with Crippen LogP contribution in [0.25, 0.3) is 0 Å². The van der Waals surface area contributed by atoms with Crippen molar-refractivity contribution in [2.24, 2.45) is 0 Å². The molecule has 0 fully saturated rings. The standard InChI is InChI=1S/C14H11BrCl2OS/c1-8(18)11-4-2-9(15)6-13(11)19-14-7-10(16)3-5-12(14)17/h2-8,18H,1H3. The quantitative estimate of drug-likeness (QED) is 0.711. The van der Waals surface area contributed by atoms with Crippen molar-refractivity contribution < 1.29 is 5.11 Å². The van der Waals surface area contributed by atoms with Gasteiger partial charge in [0.1, 0.15) is 0 Å². The van der Waals surface area contributed by atoms with Crippen LogP contribution < -0.4 is 0 Å². The normalized spacial score (nSPS) is 12.5. The highest BCUT2D eigenvalue weighted by molar-refractivity contribution is 9.10. The molecule has 1 N–H and O–H groups in total. The lowest BCUT2D eigenvalue weighted by Crippen LogP contribution is -1.94. The summed E-state index contributed by atoms with van der Waals surface area (Å²) in [7, 11) is 0. The molecular weight excluding hydrogens is 367 g/mol. The van der Waals surface area contributed by atoms with Crippen LogP contribution in [0.1, 0.15) is 18.6 Å². The second-order valence-electron chi connectivity index (χ2n) is 4.03. The molecule has 0 bridgehead atoms. The van der Waals surface area contributed by atoms with E-state index in [9.17, 15) is 5.11 Å². The van der Waals surface area contributed by atoms with Gasteiger partial charge in [0.25, 0.3) is 0 Å². The van der Waals surface area contributed by atoms with Gasteiger partial charge in [0, 0.05) is 19.3 Å². The van der Waals surface area contributed by atoms with Crippen LogP contribution in [-0.2, 0) is 0 Å². The Balaban J connectivity index is 2.42. The molecule has 100 valence electrons. The van der Waals surface area contributed by atoms with Crippen LogP contribution in [0, 0.1) is 0 Å². The number of hydrogen-bond donors (Lipinski definition) is 1. The fraction of sp³-hybridized carbons (Fsp3) is 0.143. The molecular formula is C14H11BrCl2OS. The third-order valence-corrected chi connectivity index (χ3v) is 4.84. The molecule has 0 saturated carbocycles. The van der Waals surface area contributed by atoms with Gasteiger partial charge in [0.2, 0.25) is 0 Å². The molecule has 0 aliphatic heterocycles. The second-order valence-corrected chi connectivity index (χ2v) is 6.88. The minimum absolute atomic E-state index is 0.534. The third-order valence-electron chi connectivity index (χ3n) is 2.54. The Hall–Kier alpha value is -0.190. The van der Waals surface area contributed by atoms with E-state index in [-0.39, 0.29) is 0 Å². The van der Waals surface area contributed by atoms with Gasteiger partial charge < -0.3 is 5.11 Å². The summed E-state index contributed by atoms with van der Waals surface area (Å²) in [5.74, 6) is 0. The van der Waals surface area contributed by atoms with E-state index in [1.54, 1.807) is 19.1 Å². The predicted octanol–water partition coefficient (Wildman–Crippen LogP) is 5.96. The van der Waals surface area contributed by atoms with E-state index in [1.807, 2.05) is 24.3 Å². The summed E-state index contributed by atoms with van der Waals surface area (Å²) >= 11 is 17.1. The van der Waals surface area contributed by atoms with Gasteiger partial charge in [0.15, 0.2) is 0 Å². The van der Waals surface area contributed by atoms with Gasteiger partial charge >= 0.3 is 0 Å². The predicted molar refractivity (Wildman–Crippen MR) is 85.4 cm³/mol. The van der Waals surface area contributed by atoms with Crippen molar-refractivity contribution in [1.82, 2.24) is 0 Å². The molecule has 0 aliphatic carbocycles. The molecule has 0 spiro atoms. The van der Waals surface area contributed by atoms with E-state index in [4.69, 9.17) is 23.2 Å². The average Bonchev–Trinajstić information content (AvgIpc) is 2.33. The van der Waals surface area contributed by atoms with E-state index < -0.39 is 6.10 Å². The summed E-state index contributed by atoms with van der Waals surface area (Å²) in [6.07, 6.45) is -0.534. The Kier molecular flexibility index (Phi) is 5.21. The first-order valence-corrected chi connectivity index (χ1v) is 7.94. The Morgan fingerprint density at radius 3 is 2.53 bits per heavy atom. The van der Waals surface area contributed by atoms with Crippen molar-refractivity contribution >= 4 is 50.9 Å². The van der Waals surface area contributed by atoms with Crippen molar-refractivity contribution in [2.75, 3.05) is 0 Å². The topological polar surface area (TPSA) is 20.2 Å². The van der Waals surface area contributed by atoms with E-state index >= 15 is 0 Å². The molecule has 1 atom stereocenters.